The van der Waals surface area contributed by atoms with Crippen molar-refractivity contribution in [3.05, 3.63) is 68.7 Å². The van der Waals surface area contributed by atoms with Gasteiger partial charge in [-0.25, -0.2) is 4.79 Å². The lowest BCUT2D eigenvalue weighted by molar-refractivity contribution is -0.384. The molecule has 10 nitrogen and oxygen atoms in total. The number of benzene rings is 2. The summed E-state index contributed by atoms with van der Waals surface area (Å²) in [6.07, 6.45) is -0.00308. The lowest BCUT2D eigenvalue weighted by atomic mass is 10.1. The number of halogens is 1. The minimum absolute atomic E-state index is 0.00308. The molecule has 2 aromatic carbocycles. The van der Waals surface area contributed by atoms with Crippen molar-refractivity contribution >= 4 is 46.6 Å². The smallest absolute Gasteiger partial charge is 0.326 e. The molecule has 0 bridgehead atoms. The average Bonchev–Trinajstić information content (AvgIpc) is 2.79. The average molecular weight is 508 g/mol. The Morgan fingerprint density at radius 2 is 2.06 bits per heavy atom. The van der Waals surface area contributed by atoms with Crippen molar-refractivity contribution in [3.8, 4) is 5.75 Å². The molecule has 1 fully saturated rings. The second-order valence-corrected chi connectivity index (χ2v) is 8.38. The van der Waals surface area contributed by atoms with E-state index in [1.54, 1.807) is 24.3 Å². The molecule has 0 aliphatic carbocycles. The first-order chi connectivity index (χ1) is 16.2. The van der Waals surface area contributed by atoms with Crippen molar-refractivity contribution in [2.75, 3.05) is 19.8 Å². The van der Waals surface area contributed by atoms with Gasteiger partial charge in [-0.2, -0.15) is 0 Å². The van der Waals surface area contributed by atoms with Crippen LogP contribution in [0, 0.1) is 10.1 Å². The number of thiocarbonyl (C=S) groups is 1. The summed E-state index contributed by atoms with van der Waals surface area (Å²) in [6.45, 7) is 3.76. The summed E-state index contributed by atoms with van der Waals surface area (Å²) in [7, 11) is 0. The number of carbonyl (C=O) groups excluding carboxylic acids is 1. The predicted octanol–water partition coefficient (Wildman–Crippen LogP) is 3.06. The van der Waals surface area contributed by atoms with E-state index in [-0.39, 0.29) is 28.7 Å². The van der Waals surface area contributed by atoms with Crippen LogP contribution in [0.1, 0.15) is 22.8 Å². The van der Waals surface area contributed by atoms with Crippen LogP contribution in [0.4, 0.5) is 5.69 Å². The van der Waals surface area contributed by atoms with Crippen LogP contribution in [0.3, 0.4) is 0 Å². The molecule has 1 heterocycles. The van der Waals surface area contributed by atoms with E-state index in [2.05, 4.69) is 5.32 Å². The number of rotatable bonds is 7. The van der Waals surface area contributed by atoms with Crippen LogP contribution in [-0.2, 0) is 16.0 Å². The molecule has 0 saturated carbocycles. The molecule has 12 heteroatoms. The van der Waals surface area contributed by atoms with Crippen molar-refractivity contribution in [1.29, 1.82) is 0 Å². The first kappa shape index (κ1) is 25.3. The number of nitrogens with zero attached hydrogens (tertiary/aromatic N) is 2. The molecule has 2 N–H and O–H groups in total. The number of ether oxygens (including phenoxy) is 2. The zero-order valence-corrected chi connectivity index (χ0v) is 19.7. The monoisotopic (exact) mass is 507 g/mol. The Morgan fingerprint density at radius 3 is 2.65 bits per heavy atom. The molecule has 2 aromatic rings. The van der Waals surface area contributed by atoms with E-state index >= 15 is 0 Å². The van der Waals surface area contributed by atoms with E-state index < -0.39 is 22.8 Å². The SMILES string of the molecule is CC1COCCN1C(=S)Oc1ccc(CC(NC(=O)c2ccc([N+](=O)[O-])cc2Cl)C(=O)O)cc1. The van der Waals surface area contributed by atoms with Gasteiger partial charge < -0.3 is 24.8 Å². The Bertz CT molecular complexity index is 1100. The Balaban J connectivity index is 1.63. The topological polar surface area (TPSA) is 131 Å². The molecule has 1 aliphatic heterocycles. The molecule has 180 valence electrons. The number of hydrogen-bond acceptors (Lipinski definition) is 7. The number of nitrogens with one attached hydrogen (secondary N) is 1. The summed E-state index contributed by atoms with van der Waals surface area (Å²) >= 11 is 11.3. The minimum atomic E-state index is -1.25. The zero-order chi connectivity index (χ0) is 24.8. The quantitative estimate of drug-likeness (QED) is 0.329. The number of non-ortho nitro benzene ring substituents is 1. The highest BCUT2D eigenvalue weighted by Gasteiger charge is 2.24. The predicted molar refractivity (Wildman–Crippen MR) is 127 cm³/mol. The third-order valence-corrected chi connectivity index (χ3v) is 5.81. The largest absolute Gasteiger partial charge is 0.480 e. The van der Waals surface area contributed by atoms with Gasteiger partial charge >= 0.3 is 5.97 Å². The molecule has 0 aromatic heterocycles. The highest BCUT2D eigenvalue weighted by molar-refractivity contribution is 7.80. The normalized spacial score (nSPS) is 16.4. The number of carbonyl (C=O) groups is 2. The van der Waals surface area contributed by atoms with Gasteiger partial charge in [0.1, 0.15) is 11.8 Å². The summed E-state index contributed by atoms with van der Waals surface area (Å²) in [6, 6.07) is 8.89. The summed E-state index contributed by atoms with van der Waals surface area (Å²) in [4.78, 5) is 36.4. The lowest BCUT2D eigenvalue weighted by Crippen LogP contribution is -2.48. The van der Waals surface area contributed by atoms with Gasteiger partial charge in [0.25, 0.3) is 16.8 Å². The number of nitro benzene ring substituents is 1. The van der Waals surface area contributed by atoms with E-state index in [1.807, 2.05) is 11.8 Å². The van der Waals surface area contributed by atoms with Gasteiger partial charge in [-0.1, -0.05) is 23.7 Å². The Hall–Kier alpha value is -3.28. The van der Waals surface area contributed by atoms with Gasteiger partial charge in [0.2, 0.25) is 0 Å². The van der Waals surface area contributed by atoms with Gasteiger partial charge in [-0.3, -0.25) is 14.9 Å². The first-order valence-electron chi connectivity index (χ1n) is 10.3. The second-order valence-electron chi connectivity index (χ2n) is 7.62. The molecule has 2 unspecified atom stereocenters. The fraction of sp³-hybridized carbons (Fsp3) is 0.318. The van der Waals surface area contributed by atoms with E-state index in [9.17, 15) is 24.8 Å². The molecule has 1 saturated heterocycles. The third kappa shape index (κ3) is 6.40. The molecule has 3 rings (SSSR count). The first-order valence-corrected chi connectivity index (χ1v) is 11.1. The Labute approximate surface area is 205 Å². The molecule has 2 atom stereocenters. The summed E-state index contributed by atoms with van der Waals surface area (Å²) in [5, 5.41) is 23.0. The van der Waals surface area contributed by atoms with Crippen molar-refractivity contribution in [2.24, 2.45) is 0 Å². The number of nitro groups is 1. The van der Waals surface area contributed by atoms with Crippen molar-refractivity contribution in [3.63, 3.8) is 0 Å². The van der Waals surface area contributed by atoms with Crippen LogP contribution < -0.4 is 10.1 Å². The lowest BCUT2D eigenvalue weighted by Gasteiger charge is -2.34. The van der Waals surface area contributed by atoms with E-state index in [0.29, 0.717) is 36.2 Å². The van der Waals surface area contributed by atoms with Crippen molar-refractivity contribution in [1.82, 2.24) is 10.2 Å². The van der Waals surface area contributed by atoms with Gasteiger partial charge in [-0.15, -0.1) is 0 Å². The molecule has 0 spiro atoms. The number of carboxylic acid groups (broad SMARTS) is 1. The molecular weight excluding hydrogens is 486 g/mol. The van der Waals surface area contributed by atoms with Gasteiger partial charge in [0.15, 0.2) is 0 Å². The molecular formula is C22H22ClN3O7S. The minimum Gasteiger partial charge on any atom is -0.480 e. The number of carboxylic acids is 1. The maximum absolute atomic E-state index is 12.5. The highest BCUT2D eigenvalue weighted by atomic mass is 35.5. The van der Waals surface area contributed by atoms with Gasteiger partial charge in [0.05, 0.1) is 34.8 Å². The van der Waals surface area contributed by atoms with Crippen LogP contribution in [0.2, 0.25) is 5.02 Å². The molecule has 1 amide bonds. The van der Waals surface area contributed by atoms with Crippen LogP contribution in [-0.4, -0.2) is 63.8 Å². The number of morpholine rings is 1. The highest BCUT2D eigenvalue weighted by Crippen LogP contribution is 2.23. The molecule has 1 aliphatic rings. The number of aliphatic carboxylic acids is 1. The Kier molecular flexibility index (Phi) is 8.37. The second kappa shape index (κ2) is 11.2. The summed E-state index contributed by atoms with van der Waals surface area (Å²) < 4.78 is 11.1. The summed E-state index contributed by atoms with van der Waals surface area (Å²) in [5.74, 6) is -1.49. The molecule has 0 radical (unpaired) electrons. The Morgan fingerprint density at radius 1 is 1.35 bits per heavy atom. The van der Waals surface area contributed by atoms with Crippen LogP contribution in [0.25, 0.3) is 0 Å². The van der Waals surface area contributed by atoms with Crippen LogP contribution in [0.15, 0.2) is 42.5 Å². The fourth-order valence-electron chi connectivity index (χ4n) is 3.32. The molecule has 34 heavy (non-hydrogen) atoms. The fourth-order valence-corrected chi connectivity index (χ4v) is 3.95. The number of amides is 1. The van der Waals surface area contributed by atoms with Crippen LogP contribution in [0.5, 0.6) is 5.75 Å². The van der Waals surface area contributed by atoms with Crippen molar-refractivity contribution in [2.45, 2.75) is 25.4 Å². The standard InChI is InChI=1S/C22H22ClN3O7S/c1-13-12-32-9-8-25(13)22(34)33-16-5-2-14(3-6-16)10-19(21(28)29)24-20(27)17-7-4-15(26(30)31)11-18(17)23/h2-7,11,13,19H,8-10,12H2,1H3,(H,24,27)(H,28,29). The maximum atomic E-state index is 12.5. The third-order valence-electron chi connectivity index (χ3n) is 5.18. The van der Waals surface area contributed by atoms with E-state index in [4.69, 9.17) is 33.3 Å². The van der Waals surface area contributed by atoms with E-state index in [1.165, 1.54) is 6.07 Å². The summed E-state index contributed by atoms with van der Waals surface area (Å²) in [5.41, 5.74) is 0.301. The zero-order valence-electron chi connectivity index (χ0n) is 18.1. The van der Waals surface area contributed by atoms with Crippen molar-refractivity contribution < 1.29 is 29.1 Å². The van der Waals surface area contributed by atoms with E-state index in [0.717, 1.165) is 12.1 Å². The number of hydrogen-bond donors (Lipinski definition) is 2. The maximum Gasteiger partial charge on any atom is 0.326 e. The van der Waals surface area contributed by atoms with Gasteiger partial charge in [0, 0.05) is 25.1 Å². The van der Waals surface area contributed by atoms with Gasteiger partial charge in [-0.05, 0) is 42.9 Å². The van der Waals surface area contributed by atoms with Crippen LogP contribution >= 0.6 is 23.8 Å².